The first-order valence-electron chi connectivity index (χ1n) is 7.08. The van der Waals surface area contributed by atoms with Gasteiger partial charge in [-0.05, 0) is 30.3 Å². The number of aliphatic carboxylic acids is 1. The quantitative estimate of drug-likeness (QED) is 0.606. The van der Waals surface area contributed by atoms with Gasteiger partial charge in [0.15, 0.2) is 0 Å². The third kappa shape index (κ3) is 3.86. The Labute approximate surface area is 142 Å². The number of carboxylic acids is 2. The van der Waals surface area contributed by atoms with Crippen molar-refractivity contribution in [3.05, 3.63) is 53.1 Å². The lowest BCUT2D eigenvalue weighted by Crippen LogP contribution is -2.26. The number of rotatable bonds is 5. The minimum atomic E-state index is -1.23. The van der Waals surface area contributed by atoms with Crippen LogP contribution in [0, 0.1) is 0 Å². The molecule has 0 spiro atoms. The van der Waals surface area contributed by atoms with E-state index in [2.05, 4.69) is 0 Å². The maximum Gasteiger partial charge on any atom is 0.335 e. The fourth-order valence-corrected chi connectivity index (χ4v) is 2.28. The summed E-state index contributed by atoms with van der Waals surface area (Å²) in [6, 6.07) is 7.67. The number of aromatic carboxylic acids is 1. The minimum Gasteiger partial charge on any atom is -0.508 e. The minimum absolute atomic E-state index is 0.0242. The van der Waals surface area contributed by atoms with Crippen molar-refractivity contribution >= 4 is 23.5 Å². The number of nitrogens with zero attached hydrogens (tertiary/aromatic N) is 1. The van der Waals surface area contributed by atoms with Crippen LogP contribution in [0.25, 0.3) is 0 Å². The molecule has 0 saturated heterocycles. The number of aromatic hydroxyl groups is 2. The molecule has 2 rings (SSSR count). The summed E-state index contributed by atoms with van der Waals surface area (Å²) < 4.78 is 0. The van der Waals surface area contributed by atoms with Crippen molar-refractivity contribution in [2.24, 2.45) is 0 Å². The van der Waals surface area contributed by atoms with Gasteiger partial charge < -0.3 is 25.3 Å². The van der Waals surface area contributed by atoms with E-state index < -0.39 is 30.0 Å². The fraction of sp³-hybridized carbons (Fsp3) is 0.118. The van der Waals surface area contributed by atoms with Crippen molar-refractivity contribution in [2.75, 3.05) is 11.9 Å². The average molecular weight is 345 g/mol. The fourth-order valence-electron chi connectivity index (χ4n) is 2.28. The number of phenols is 2. The smallest absolute Gasteiger partial charge is 0.335 e. The van der Waals surface area contributed by atoms with Gasteiger partial charge >= 0.3 is 11.9 Å². The van der Waals surface area contributed by atoms with E-state index >= 15 is 0 Å². The second-order valence-electron chi connectivity index (χ2n) is 5.29. The van der Waals surface area contributed by atoms with Crippen LogP contribution in [-0.4, -0.2) is 45.3 Å². The van der Waals surface area contributed by atoms with Gasteiger partial charge in [-0.3, -0.25) is 9.59 Å². The van der Waals surface area contributed by atoms with Crippen molar-refractivity contribution in [2.45, 2.75) is 6.42 Å². The van der Waals surface area contributed by atoms with E-state index in [0.717, 1.165) is 17.0 Å². The Morgan fingerprint density at radius 2 is 1.72 bits per heavy atom. The lowest BCUT2D eigenvalue weighted by atomic mass is 10.0. The molecule has 4 N–H and O–H groups in total. The van der Waals surface area contributed by atoms with Crippen LogP contribution in [0.1, 0.15) is 26.3 Å². The normalized spacial score (nSPS) is 10.3. The van der Waals surface area contributed by atoms with E-state index in [9.17, 15) is 24.6 Å². The highest BCUT2D eigenvalue weighted by Crippen LogP contribution is 2.30. The molecule has 0 aliphatic carbocycles. The highest BCUT2D eigenvalue weighted by atomic mass is 16.4. The van der Waals surface area contributed by atoms with E-state index in [-0.39, 0.29) is 28.1 Å². The first kappa shape index (κ1) is 17.8. The van der Waals surface area contributed by atoms with Crippen LogP contribution in [0.4, 0.5) is 5.69 Å². The lowest BCUT2D eigenvalue weighted by molar-refractivity contribution is -0.136. The Hall–Kier alpha value is -3.55. The van der Waals surface area contributed by atoms with Crippen molar-refractivity contribution in [1.82, 2.24) is 0 Å². The molecule has 1 amide bonds. The Balaban J connectivity index is 2.43. The molecule has 0 aromatic heterocycles. The first-order valence-corrected chi connectivity index (χ1v) is 7.08. The number of amides is 1. The molecule has 8 heteroatoms. The predicted molar refractivity (Wildman–Crippen MR) is 87.2 cm³/mol. The molecule has 0 saturated carbocycles. The van der Waals surface area contributed by atoms with E-state index in [4.69, 9.17) is 10.2 Å². The van der Waals surface area contributed by atoms with Gasteiger partial charge in [0.1, 0.15) is 11.5 Å². The molecular weight excluding hydrogens is 330 g/mol. The number of carboxylic acid groups (broad SMARTS) is 2. The summed E-state index contributed by atoms with van der Waals surface area (Å²) in [7, 11) is 1.36. The summed E-state index contributed by atoms with van der Waals surface area (Å²) in [5, 5.41) is 37.7. The maximum atomic E-state index is 12.6. The van der Waals surface area contributed by atoms with Crippen molar-refractivity contribution < 1.29 is 34.8 Å². The summed E-state index contributed by atoms with van der Waals surface area (Å²) in [4.78, 5) is 35.5. The third-order valence-corrected chi connectivity index (χ3v) is 3.53. The van der Waals surface area contributed by atoms with E-state index in [1.54, 1.807) is 0 Å². The zero-order valence-corrected chi connectivity index (χ0v) is 13.1. The van der Waals surface area contributed by atoms with E-state index in [1.165, 1.54) is 31.3 Å². The second kappa shape index (κ2) is 6.91. The molecule has 0 fully saturated rings. The number of benzene rings is 2. The van der Waals surface area contributed by atoms with E-state index in [1.807, 2.05) is 0 Å². The molecule has 0 radical (unpaired) electrons. The van der Waals surface area contributed by atoms with Gasteiger partial charge in [0.2, 0.25) is 0 Å². The van der Waals surface area contributed by atoms with Crippen LogP contribution in [0.15, 0.2) is 36.4 Å². The van der Waals surface area contributed by atoms with Crippen molar-refractivity contribution in [3.63, 3.8) is 0 Å². The van der Waals surface area contributed by atoms with Gasteiger partial charge in [0.25, 0.3) is 5.91 Å². The van der Waals surface area contributed by atoms with Gasteiger partial charge in [-0.1, -0.05) is 6.07 Å². The van der Waals surface area contributed by atoms with E-state index in [0.29, 0.717) is 0 Å². The van der Waals surface area contributed by atoms with Crippen LogP contribution in [-0.2, 0) is 11.2 Å². The molecule has 2 aromatic rings. The van der Waals surface area contributed by atoms with Gasteiger partial charge in [-0.2, -0.15) is 0 Å². The number of hydrogen-bond donors (Lipinski definition) is 4. The van der Waals surface area contributed by atoms with Crippen molar-refractivity contribution in [3.8, 4) is 11.5 Å². The lowest BCUT2D eigenvalue weighted by Gasteiger charge is -2.19. The Bertz CT molecular complexity index is 860. The second-order valence-corrected chi connectivity index (χ2v) is 5.29. The molecular formula is C17H15NO7. The number of hydrogen-bond acceptors (Lipinski definition) is 5. The maximum absolute atomic E-state index is 12.6. The highest BCUT2D eigenvalue weighted by Gasteiger charge is 2.22. The monoisotopic (exact) mass is 345 g/mol. The summed E-state index contributed by atoms with van der Waals surface area (Å²) in [6.45, 7) is 0. The summed E-state index contributed by atoms with van der Waals surface area (Å²) in [5.74, 6) is -4.05. The van der Waals surface area contributed by atoms with Crippen LogP contribution in [0.5, 0.6) is 11.5 Å². The number of carbonyl (C=O) groups excluding carboxylic acids is 1. The molecule has 0 heterocycles. The third-order valence-electron chi connectivity index (χ3n) is 3.53. The van der Waals surface area contributed by atoms with Gasteiger partial charge in [-0.15, -0.1) is 0 Å². The van der Waals surface area contributed by atoms with Gasteiger partial charge in [0, 0.05) is 18.3 Å². The zero-order chi connectivity index (χ0) is 18.7. The molecule has 0 atom stereocenters. The number of phenolic OH excluding ortho intramolecular Hbond substituents is 2. The zero-order valence-electron chi connectivity index (χ0n) is 13.1. The summed E-state index contributed by atoms with van der Waals surface area (Å²) in [6.07, 6.45) is -0.571. The first-order chi connectivity index (χ1) is 11.7. The SMILES string of the molecule is CN(C(=O)c1cc(O)cc(CC(=O)O)c1O)c1cccc(C(=O)O)c1. The molecule has 0 bridgehead atoms. The standard InChI is InChI=1S/C17H15NO7/c1-18(11-4-2-3-9(5-11)17(24)25)16(23)13-8-12(19)6-10(15(13)22)7-14(20)21/h2-6,8,19,22H,7H2,1H3,(H,20,21)(H,24,25). The number of carbonyl (C=O) groups is 3. The molecule has 25 heavy (non-hydrogen) atoms. The molecule has 0 aliphatic heterocycles. The van der Waals surface area contributed by atoms with Gasteiger partial charge in [0.05, 0.1) is 17.5 Å². The molecule has 0 aliphatic rings. The summed E-state index contributed by atoms with van der Waals surface area (Å²) in [5.41, 5.74) is -0.167. The van der Waals surface area contributed by atoms with Crippen LogP contribution in [0.2, 0.25) is 0 Å². The van der Waals surface area contributed by atoms with Crippen LogP contribution >= 0.6 is 0 Å². The predicted octanol–water partition coefficient (Wildman–Crippen LogP) is 1.70. The highest BCUT2D eigenvalue weighted by molar-refractivity contribution is 6.08. The molecule has 2 aromatic carbocycles. The Morgan fingerprint density at radius 1 is 1.04 bits per heavy atom. The largest absolute Gasteiger partial charge is 0.508 e. The number of anilines is 1. The van der Waals surface area contributed by atoms with Crippen LogP contribution in [0.3, 0.4) is 0 Å². The van der Waals surface area contributed by atoms with Gasteiger partial charge in [-0.25, -0.2) is 4.79 Å². The Morgan fingerprint density at radius 3 is 2.32 bits per heavy atom. The van der Waals surface area contributed by atoms with Crippen molar-refractivity contribution in [1.29, 1.82) is 0 Å². The molecule has 130 valence electrons. The topological polar surface area (TPSA) is 135 Å². The molecule has 0 unspecified atom stereocenters. The average Bonchev–Trinajstić information content (AvgIpc) is 2.56. The Kier molecular flexibility index (Phi) is 4.92. The molecule has 8 nitrogen and oxygen atoms in total. The van der Waals surface area contributed by atoms with Crippen LogP contribution < -0.4 is 4.90 Å². The summed E-state index contributed by atoms with van der Waals surface area (Å²) >= 11 is 0.